The van der Waals surface area contributed by atoms with E-state index in [1.165, 1.54) is 0 Å². The molecule has 1 aromatic heterocycles. The Morgan fingerprint density at radius 1 is 1.26 bits per heavy atom. The second-order valence-electron chi connectivity index (χ2n) is 9.08. The van der Waals surface area contributed by atoms with Crippen LogP contribution in [-0.2, 0) is 19.0 Å². The standard InChI is InChI=1S/C27H32N2O6/c1-5-18-16-29-11-9-19(18)14-24(29)25(35-27(31)34-13-12-33-26(30)17(2)3)21-8-10-28-23-7-6-20(32-4)15-22(21)23/h5-8,10,15,18-19,24-25H,1-2,9,11-14,16H2,3-4H3. The van der Waals surface area contributed by atoms with Crippen molar-refractivity contribution in [1.29, 1.82) is 0 Å². The minimum absolute atomic E-state index is 0.00413. The maximum Gasteiger partial charge on any atom is 0.509 e. The molecule has 1 aromatic carbocycles. The summed E-state index contributed by atoms with van der Waals surface area (Å²) >= 11 is 0. The predicted octanol–water partition coefficient (Wildman–Crippen LogP) is 4.45. The zero-order valence-electron chi connectivity index (χ0n) is 20.3. The third-order valence-electron chi connectivity index (χ3n) is 6.90. The maximum atomic E-state index is 12.8. The van der Waals surface area contributed by atoms with Crippen LogP contribution in [0.15, 0.2) is 55.3 Å². The van der Waals surface area contributed by atoms with E-state index in [-0.39, 0.29) is 24.8 Å². The lowest BCUT2D eigenvalue weighted by atomic mass is 9.73. The molecule has 5 rings (SSSR count). The number of ether oxygens (including phenoxy) is 4. The van der Waals surface area contributed by atoms with Gasteiger partial charge >= 0.3 is 12.1 Å². The number of aromatic nitrogens is 1. The van der Waals surface area contributed by atoms with Gasteiger partial charge in [0.2, 0.25) is 0 Å². The number of rotatable bonds is 9. The first-order valence-electron chi connectivity index (χ1n) is 11.9. The van der Waals surface area contributed by atoms with Gasteiger partial charge in [0.05, 0.1) is 18.7 Å². The molecule has 3 aliphatic rings. The lowest BCUT2D eigenvalue weighted by molar-refractivity contribution is -0.140. The molecule has 0 saturated carbocycles. The van der Waals surface area contributed by atoms with Gasteiger partial charge in [0.15, 0.2) is 0 Å². The van der Waals surface area contributed by atoms with Crippen molar-refractivity contribution in [2.45, 2.75) is 31.9 Å². The topological polar surface area (TPSA) is 87.2 Å². The minimum atomic E-state index is -0.808. The summed E-state index contributed by atoms with van der Waals surface area (Å²) in [5.74, 6) is 1.10. The fourth-order valence-corrected chi connectivity index (χ4v) is 5.08. The number of nitrogens with zero attached hydrogens (tertiary/aromatic N) is 2. The molecule has 4 heterocycles. The molecular weight excluding hydrogens is 448 g/mol. The number of hydrogen-bond donors (Lipinski definition) is 0. The third kappa shape index (κ3) is 5.48. The van der Waals surface area contributed by atoms with Crippen LogP contribution in [0.25, 0.3) is 10.9 Å². The Labute approximate surface area is 205 Å². The summed E-state index contributed by atoms with van der Waals surface area (Å²) in [5, 5.41) is 0.864. The first kappa shape index (κ1) is 24.7. The monoisotopic (exact) mass is 480 g/mol. The van der Waals surface area contributed by atoms with E-state index in [0.717, 1.165) is 42.4 Å². The molecule has 186 valence electrons. The van der Waals surface area contributed by atoms with Crippen LogP contribution in [0.2, 0.25) is 0 Å². The van der Waals surface area contributed by atoms with Gasteiger partial charge in [-0.1, -0.05) is 12.7 Å². The van der Waals surface area contributed by atoms with Crippen molar-refractivity contribution in [2.24, 2.45) is 11.8 Å². The lowest BCUT2D eigenvalue weighted by Crippen LogP contribution is -2.55. The van der Waals surface area contributed by atoms with E-state index < -0.39 is 18.2 Å². The Hall–Kier alpha value is -3.39. The summed E-state index contributed by atoms with van der Waals surface area (Å²) in [4.78, 5) is 31.2. The molecule has 5 unspecified atom stereocenters. The number of piperidine rings is 3. The van der Waals surface area contributed by atoms with Crippen LogP contribution in [0.3, 0.4) is 0 Å². The van der Waals surface area contributed by atoms with Crippen LogP contribution in [0.5, 0.6) is 5.75 Å². The summed E-state index contributed by atoms with van der Waals surface area (Å²) in [6.07, 6.45) is 4.38. The van der Waals surface area contributed by atoms with Crippen molar-refractivity contribution >= 4 is 23.0 Å². The van der Waals surface area contributed by atoms with Crippen LogP contribution in [0.4, 0.5) is 4.79 Å². The van der Waals surface area contributed by atoms with E-state index in [1.54, 1.807) is 20.2 Å². The second-order valence-corrected chi connectivity index (χ2v) is 9.08. The van der Waals surface area contributed by atoms with Gasteiger partial charge < -0.3 is 18.9 Å². The molecule has 8 nitrogen and oxygen atoms in total. The van der Waals surface area contributed by atoms with Gasteiger partial charge in [-0.2, -0.15) is 0 Å². The average molecular weight is 481 g/mol. The number of benzene rings is 1. The smallest absolute Gasteiger partial charge is 0.497 e. The van der Waals surface area contributed by atoms with Crippen molar-refractivity contribution < 1.29 is 28.5 Å². The average Bonchev–Trinajstić information content (AvgIpc) is 2.89. The molecule has 5 atom stereocenters. The molecule has 8 heteroatoms. The quantitative estimate of drug-likeness (QED) is 0.225. The molecule has 2 bridgehead atoms. The van der Waals surface area contributed by atoms with Crippen LogP contribution >= 0.6 is 0 Å². The summed E-state index contributed by atoms with van der Waals surface area (Å²) in [5.41, 5.74) is 1.93. The molecule has 2 aromatic rings. The van der Waals surface area contributed by atoms with Crippen molar-refractivity contribution in [3.05, 3.63) is 60.8 Å². The number of pyridine rings is 1. The lowest BCUT2D eigenvalue weighted by Gasteiger charge is -2.51. The predicted molar refractivity (Wildman–Crippen MR) is 131 cm³/mol. The fourth-order valence-electron chi connectivity index (χ4n) is 5.08. The normalized spacial score (nSPS) is 23.8. The molecule has 0 spiro atoms. The third-order valence-corrected chi connectivity index (χ3v) is 6.90. The van der Waals surface area contributed by atoms with Crippen LogP contribution < -0.4 is 4.74 Å². The molecule has 0 N–H and O–H groups in total. The largest absolute Gasteiger partial charge is 0.509 e. The number of esters is 1. The van der Waals surface area contributed by atoms with E-state index in [9.17, 15) is 9.59 Å². The Morgan fingerprint density at radius 3 is 2.74 bits per heavy atom. The Morgan fingerprint density at radius 2 is 2.06 bits per heavy atom. The number of hydrogen-bond acceptors (Lipinski definition) is 8. The van der Waals surface area contributed by atoms with Crippen LogP contribution in [0, 0.1) is 11.8 Å². The van der Waals surface area contributed by atoms with Crippen molar-refractivity contribution in [3.63, 3.8) is 0 Å². The molecule has 0 aliphatic carbocycles. The summed E-state index contributed by atoms with van der Waals surface area (Å²) in [6, 6.07) is 7.55. The van der Waals surface area contributed by atoms with E-state index >= 15 is 0 Å². The molecular formula is C27H32N2O6. The van der Waals surface area contributed by atoms with Gasteiger partial charge in [0.1, 0.15) is 25.1 Å². The fraction of sp³-hybridized carbons (Fsp3) is 0.444. The van der Waals surface area contributed by atoms with Gasteiger partial charge in [0, 0.05) is 29.3 Å². The number of carbonyl (C=O) groups excluding carboxylic acids is 2. The molecule has 3 saturated heterocycles. The first-order valence-corrected chi connectivity index (χ1v) is 11.9. The summed E-state index contributed by atoms with van der Waals surface area (Å²) < 4.78 is 21.7. The van der Waals surface area contributed by atoms with E-state index in [4.69, 9.17) is 18.9 Å². The van der Waals surface area contributed by atoms with Gasteiger partial charge in [0.25, 0.3) is 0 Å². The Bertz CT molecular complexity index is 1120. The van der Waals surface area contributed by atoms with Crippen LogP contribution in [-0.4, -0.2) is 61.5 Å². The van der Waals surface area contributed by atoms with Crippen molar-refractivity contribution in [1.82, 2.24) is 9.88 Å². The molecule has 3 fully saturated rings. The first-order chi connectivity index (χ1) is 16.9. The minimum Gasteiger partial charge on any atom is -0.497 e. The van der Waals surface area contributed by atoms with Gasteiger partial charge in [-0.15, -0.1) is 6.58 Å². The Balaban J connectivity index is 1.57. The maximum absolute atomic E-state index is 12.8. The highest BCUT2D eigenvalue weighted by Gasteiger charge is 2.44. The molecule has 35 heavy (non-hydrogen) atoms. The number of methoxy groups -OCH3 is 1. The Kier molecular flexibility index (Phi) is 7.70. The highest BCUT2D eigenvalue weighted by molar-refractivity contribution is 5.87. The summed E-state index contributed by atoms with van der Waals surface area (Å²) in [6.45, 7) is 10.7. The van der Waals surface area contributed by atoms with E-state index in [0.29, 0.717) is 17.6 Å². The van der Waals surface area contributed by atoms with E-state index in [2.05, 4.69) is 23.0 Å². The molecule has 3 aliphatic heterocycles. The zero-order valence-corrected chi connectivity index (χ0v) is 20.3. The van der Waals surface area contributed by atoms with Crippen molar-refractivity contribution in [3.8, 4) is 5.75 Å². The highest BCUT2D eigenvalue weighted by Crippen LogP contribution is 2.43. The highest BCUT2D eigenvalue weighted by atomic mass is 16.7. The zero-order chi connectivity index (χ0) is 24.9. The SMILES string of the molecule is C=CC1CN2CCC1CC2C(OC(=O)OCCOC(=O)C(=C)C)c1ccnc2ccc(OC)cc12. The number of fused-ring (bicyclic) bond motifs is 4. The van der Waals surface area contributed by atoms with Gasteiger partial charge in [-0.3, -0.25) is 9.88 Å². The number of carbonyl (C=O) groups is 2. The van der Waals surface area contributed by atoms with Gasteiger partial charge in [-0.25, -0.2) is 9.59 Å². The van der Waals surface area contributed by atoms with Crippen LogP contribution in [0.1, 0.15) is 31.4 Å². The van der Waals surface area contributed by atoms with Gasteiger partial charge in [-0.05, 0) is 62.4 Å². The van der Waals surface area contributed by atoms with E-state index in [1.807, 2.05) is 30.3 Å². The summed E-state index contributed by atoms with van der Waals surface area (Å²) in [7, 11) is 1.62. The second kappa shape index (κ2) is 10.9. The molecule has 0 amide bonds. The molecule has 0 radical (unpaired) electrons. The van der Waals surface area contributed by atoms with Crippen molar-refractivity contribution in [2.75, 3.05) is 33.4 Å².